The van der Waals surface area contributed by atoms with Crippen LogP contribution in [0.25, 0.3) is 40.1 Å². The zero-order valence-electron chi connectivity index (χ0n) is 19.2. The van der Waals surface area contributed by atoms with Crippen LogP contribution in [-0.2, 0) is 0 Å². The smallest absolute Gasteiger partial charge is 0.387 e. The Morgan fingerprint density at radius 3 is 2.34 bits per heavy atom. The predicted octanol–water partition coefficient (Wildman–Crippen LogP) is 7.41. The van der Waals surface area contributed by atoms with Gasteiger partial charge in [0.1, 0.15) is 17.4 Å². The molecule has 0 aliphatic heterocycles. The van der Waals surface area contributed by atoms with Crippen LogP contribution in [0, 0.1) is 25.2 Å². The first-order valence-corrected chi connectivity index (χ1v) is 11.1. The van der Waals surface area contributed by atoms with Gasteiger partial charge >= 0.3 is 6.61 Å². The molecule has 6 heteroatoms. The number of imidazole rings is 1. The summed E-state index contributed by atoms with van der Waals surface area (Å²) in [7, 11) is 0. The van der Waals surface area contributed by atoms with E-state index in [1.54, 1.807) is 12.1 Å². The number of benzene rings is 3. The van der Waals surface area contributed by atoms with Gasteiger partial charge in [-0.05, 0) is 73.0 Å². The third kappa shape index (κ3) is 4.36. The van der Waals surface area contributed by atoms with Gasteiger partial charge in [-0.25, -0.2) is 4.98 Å². The second-order valence-electron chi connectivity index (χ2n) is 8.39. The zero-order valence-corrected chi connectivity index (χ0v) is 19.2. The average Bonchev–Trinajstić information content (AvgIpc) is 3.21. The number of aromatic nitrogens is 2. The highest BCUT2D eigenvalue weighted by Gasteiger charge is 2.17. The molecule has 5 rings (SSSR count). The number of hydrogen-bond donors (Lipinski definition) is 0. The molecule has 0 atom stereocenters. The zero-order chi connectivity index (χ0) is 24.5. The van der Waals surface area contributed by atoms with E-state index in [1.807, 2.05) is 46.9 Å². The fourth-order valence-corrected chi connectivity index (χ4v) is 4.38. The first-order valence-electron chi connectivity index (χ1n) is 11.1. The van der Waals surface area contributed by atoms with E-state index in [0.29, 0.717) is 11.2 Å². The molecule has 2 heterocycles. The fraction of sp³-hybridized carbons (Fsp3) is 0.103. The lowest BCUT2D eigenvalue weighted by molar-refractivity contribution is -0.0498. The maximum atomic E-state index is 12.4. The number of hydrogen-bond acceptors (Lipinski definition) is 3. The highest BCUT2D eigenvalue weighted by Crippen LogP contribution is 2.32. The van der Waals surface area contributed by atoms with Crippen molar-refractivity contribution >= 4 is 28.8 Å². The summed E-state index contributed by atoms with van der Waals surface area (Å²) in [5.41, 5.74) is 8.55. The Balaban J connectivity index is 1.70. The molecule has 0 N–H and O–H groups in total. The Hall–Kier alpha value is -4.50. The monoisotopic (exact) mass is 465 g/mol. The molecular weight excluding hydrogens is 444 g/mol. The first-order chi connectivity index (χ1) is 16.9. The minimum atomic E-state index is -2.87. The summed E-state index contributed by atoms with van der Waals surface area (Å²) < 4.78 is 31.3. The van der Waals surface area contributed by atoms with Crippen molar-refractivity contribution in [3.05, 3.63) is 101 Å². The molecule has 0 unspecified atom stereocenters. The molecule has 172 valence electrons. The number of nitriles is 1. The molecule has 0 radical (unpaired) electrons. The number of aryl methyl sites for hydroxylation is 2. The molecule has 0 spiro atoms. The number of halogens is 2. The summed E-state index contributed by atoms with van der Waals surface area (Å²) in [4.78, 5) is 4.79. The molecule has 0 fully saturated rings. The SMILES string of the molecule is Cc1cc(C)cc(-c2cc(/C=C/c3ccc(OC(F)F)cc3)c(C#N)c3nc4ccccc4n23)c1. The lowest BCUT2D eigenvalue weighted by Gasteiger charge is -2.12. The van der Waals surface area contributed by atoms with Crippen molar-refractivity contribution in [3.8, 4) is 23.1 Å². The summed E-state index contributed by atoms with van der Waals surface area (Å²) in [5.74, 6) is 0.0949. The minimum absolute atomic E-state index is 0.0949. The molecule has 0 saturated carbocycles. The van der Waals surface area contributed by atoms with Gasteiger partial charge in [-0.15, -0.1) is 0 Å². The Bertz CT molecular complexity index is 1610. The largest absolute Gasteiger partial charge is 0.435 e. The molecule has 0 saturated heterocycles. The van der Waals surface area contributed by atoms with Gasteiger partial charge in [0, 0.05) is 0 Å². The van der Waals surface area contributed by atoms with E-state index in [9.17, 15) is 14.0 Å². The number of pyridine rings is 1. The summed E-state index contributed by atoms with van der Waals surface area (Å²) in [5, 5.41) is 10.1. The predicted molar refractivity (Wildman–Crippen MR) is 134 cm³/mol. The van der Waals surface area contributed by atoms with Crippen LogP contribution in [0.2, 0.25) is 0 Å². The second kappa shape index (κ2) is 9.03. The third-order valence-corrected chi connectivity index (χ3v) is 5.80. The second-order valence-corrected chi connectivity index (χ2v) is 8.39. The lowest BCUT2D eigenvalue weighted by atomic mass is 10.0. The van der Waals surface area contributed by atoms with Gasteiger partial charge < -0.3 is 4.74 Å². The van der Waals surface area contributed by atoms with Crippen molar-refractivity contribution in [1.29, 1.82) is 5.26 Å². The molecule has 35 heavy (non-hydrogen) atoms. The van der Waals surface area contributed by atoms with E-state index in [0.717, 1.165) is 44.5 Å². The molecule has 0 bridgehead atoms. The van der Waals surface area contributed by atoms with E-state index in [4.69, 9.17) is 4.98 Å². The minimum Gasteiger partial charge on any atom is -0.435 e. The number of para-hydroxylation sites is 2. The van der Waals surface area contributed by atoms with Crippen molar-refractivity contribution in [2.24, 2.45) is 0 Å². The molecule has 4 nitrogen and oxygen atoms in total. The Morgan fingerprint density at radius 1 is 0.943 bits per heavy atom. The lowest BCUT2D eigenvalue weighted by Crippen LogP contribution is -2.01. The molecule has 0 aliphatic carbocycles. The highest BCUT2D eigenvalue weighted by molar-refractivity contribution is 5.89. The molecule has 2 aromatic heterocycles. The number of ether oxygens (including phenoxy) is 1. The van der Waals surface area contributed by atoms with E-state index in [-0.39, 0.29) is 5.75 Å². The van der Waals surface area contributed by atoms with E-state index >= 15 is 0 Å². The standard InChI is InChI=1S/C29H21F2N3O/c1-18-13-19(2)15-22(14-18)27-16-21(10-7-20-8-11-23(12-9-20)35-29(30)31)24(17-32)28-33-25-5-3-4-6-26(25)34(27)28/h3-16,29H,1-2H3/b10-7+. The summed E-state index contributed by atoms with van der Waals surface area (Å²) in [6, 6.07) is 24.9. The normalized spacial score (nSPS) is 11.5. The van der Waals surface area contributed by atoms with Gasteiger partial charge in [0.25, 0.3) is 0 Å². The summed E-state index contributed by atoms with van der Waals surface area (Å²) in [6.45, 7) is 1.26. The summed E-state index contributed by atoms with van der Waals surface area (Å²) in [6.07, 6.45) is 3.69. The maximum Gasteiger partial charge on any atom is 0.387 e. The Kier molecular flexibility index (Phi) is 5.76. The maximum absolute atomic E-state index is 12.4. The van der Waals surface area contributed by atoms with Gasteiger partial charge in [-0.1, -0.05) is 53.6 Å². The Labute approximate surface area is 201 Å². The highest BCUT2D eigenvalue weighted by atomic mass is 19.3. The van der Waals surface area contributed by atoms with Crippen molar-refractivity contribution in [2.45, 2.75) is 20.5 Å². The van der Waals surface area contributed by atoms with Gasteiger partial charge in [-0.2, -0.15) is 14.0 Å². The topological polar surface area (TPSA) is 50.3 Å². The number of fused-ring (bicyclic) bond motifs is 3. The van der Waals surface area contributed by atoms with Crippen LogP contribution in [0.1, 0.15) is 27.8 Å². The van der Waals surface area contributed by atoms with Crippen LogP contribution in [0.3, 0.4) is 0 Å². The molecule has 0 aliphatic rings. The van der Waals surface area contributed by atoms with Gasteiger partial charge in [0.05, 0.1) is 16.7 Å². The number of rotatable bonds is 5. The molecular formula is C29H21F2N3O. The third-order valence-electron chi connectivity index (χ3n) is 5.80. The molecule has 5 aromatic rings. The molecule has 0 amide bonds. The summed E-state index contributed by atoms with van der Waals surface area (Å²) >= 11 is 0. The van der Waals surface area contributed by atoms with E-state index in [2.05, 4.69) is 42.9 Å². The number of alkyl halides is 2. The number of nitrogens with zero attached hydrogens (tertiary/aromatic N) is 3. The molecule has 3 aromatic carbocycles. The Morgan fingerprint density at radius 2 is 1.66 bits per heavy atom. The van der Waals surface area contributed by atoms with Crippen molar-refractivity contribution in [1.82, 2.24) is 9.38 Å². The fourth-order valence-electron chi connectivity index (χ4n) is 4.38. The van der Waals surface area contributed by atoms with Crippen LogP contribution < -0.4 is 4.74 Å². The first kappa shape index (κ1) is 22.3. The van der Waals surface area contributed by atoms with Crippen molar-refractivity contribution in [3.63, 3.8) is 0 Å². The van der Waals surface area contributed by atoms with Crippen LogP contribution in [0.4, 0.5) is 8.78 Å². The van der Waals surface area contributed by atoms with Crippen molar-refractivity contribution in [2.75, 3.05) is 0 Å². The van der Waals surface area contributed by atoms with Gasteiger partial charge in [0.2, 0.25) is 0 Å². The van der Waals surface area contributed by atoms with E-state index < -0.39 is 6.61 Å². The van der Waals surface area contributed by atoms with Crippen molar-refractivity contribution < 1.29 is 13.5 Å². The van der Waals surface area contributed by atoms with Gasteiger partial charge in [0.15, 0.2) is 5.65 Å². The average molecular weight is 466 g/mol. The van der Waals surface area contributed by atoms with E-state index in [1.165, 1.54) is 12.1 Å². The quantitative estimate of drug-likeness (QED) is 0.271. The van der Waals surface area contributed by atoms with Crippen LogP contribution >= 0.6 is 0 Å². The van der Waals surface area contributed by atoms with Crippen LogP contribution in [0.5, 0.6) is 5.75 Å². The van der Waals surface area contributed by atoms with Gasteiger partial charge in [-0.3, -0.25) is 4.40 Å². The van der Waals surface area contributed by atoms with Crippen LogP contribution in [0.15, 0.2) is 72.8 Å². The van der Waals surface area contributed by atoms with Crippen LogP contribution in [-0.4, -0.2) is 16.0 Å².